The predicted octanol–water partition coefficient (Wildman–Crippen LogP) is 0.904. The summed E-state index contributed by atoms with van der Waals surface area (Å²) in [6, 6.07) is 0. The van der Waals surface area contributed by atoms with Gasteiger partial charge in [-0.2, -0.15) is 0 Å². The van der Waals surface area contributed by atoms with Gasteiger partial charge in [-0.3, -0.25) is 38.4 Å². The van der Waals surface area contributed by atoms with Gasteiger partial charge in [0.1, 0.15) is 28.9 Å². The van der Waals surface area contributed by atoms with Crippen LogP contribution in [0.4, 0.5) is 0 Å². The number of hydrogen-bond acceptors (Lipinski definition) is 8. The van der Waals surface area contributed by atoms with Gasteiger partial charge in [-0.05, 0) is 48.5 Å². The van der Waals surface area contributed by atoms with Gasteiger partial charge >= 0.3 is 0 Å². The zero-order chi connectivity index (χ0) is 22.6. The lowest BCUT2D eigenvalue weighted by Gasteiger charge is -2.33. The molecule has 28 heavy (non-hydrogen) atoms. The fourth-order valence-corrected chi connectivity index (χ4v) is 3.81. The third-order valence-corrected chi connectivity index (χ3v) is 5.08. The highest BCUT2D eigenvalue weighted by Crippen LogP contribution is 2.36. The maximum absolute atomic E-state index is 12.9. The quantitative estimate of drug-likeness (QED) is 0.445. The van der Waals surface area contributed by atoms with E-state index in [9.17, 15) is 38.4 Å². The minimum Gasteiger partial charge on any atom is -0.300 e. The molecule has 0 saturated carbocycles. The van der Waals surface area contributed by atoms with E-state index in [1.807, 2.05) is 0 Å². The molecule has 154 valence electrons. The van der Waals surface area contributed by atoms with Crippen molar-refractivity contribution in [2.75, 3.05) is 0 Å². The first-order valence-corrected chi connectivity index (χ1v) is 8.71. The average Bonchev–Trinajstić information content (AvgIpc) is 2.49. The molecule has 0 aliphatic rings. The Balaban J connectivity index is 6.45. The normalized spacial score (nSPS) is 13.4. The van der Waals surface area contributed by atoms with Crippen LogP contribution in [0.1, 0.15) is 54.9 Å². The molecular formula is C20H26O8. The van der Waals surface area contributed by atoms with Crippen molar-refractivity contribution in [1.82, 2.24) is 0 Å². The van der Waals surface area contributed by atoms with Crippen molar-refractivity contribution < 1.29 is 38.4 Å². The second kappa shape index (κ2) is 9.52. The van der Waals surface area contributed by atoms with Crippen molar-refractivity contribution >= 4 is 46.3 Å². The fraction of sp³-hybridized carbons (Fsp3) is 0.600. The maximum atomic E-state index is 12.9. The molecule has 0 heterocycles. The first kappa shape index (κ1) is 25.4. The second-order valence-electron chi connectivity index (χ2n) is 7.10. The third kappa shape index (κ3) is 4.79. The van der Waals surface area contributed by atoms with E-state index in [2.05, 4.69) is 0 Å². The van der Waals surface area contributed by atoms with Gasteiger partial charge in [-0.1, -0.05) is 0 Å². The minimum absolute atomic E-state index is 0.698. The molecule has 2 atom stereocenters. The first-order chi connectivity index (χ1) is 12.6. The predicted molar refractivity (Wildman–Crippen MR) is 97.3 cm³/mol. The van der Waals surface area contributed by atoms with E-state index in [0.29, 0.717) is 0 Å². The molecule has 0 aromatic heterocycles. The number of carbonyl (C=O) groups is 8. The lowest BCUT2D eigenvalue weighted by molar-refractivity contribution is -0.156. The van der Waals surface area contributed by atoms with Crippen LogP contribution in [0.15, 0.2) is 0 Å². The van der Waals surface area contributed by atoms with Crippen LogP contribution in [-0.2, 0) is 38.4 Å². The minimum atomic E-state index is -2.36. The molecule has 0 spiro atoms. The molecular weight excluding hydrogens is 368 g/mol. The van der Waals surface area contributed by atoms with Crippen LogP contribution in [-0.4, -0.2) is 46.3 Å². The highest BCUT2D eigenvalue weighted by atomic mass is 16.2. The first-order valence-electron chi connectivity index (χ1n) is 8.71. The molecule has 0 bridgehead atoms. The summed E-state index contributed by atoms with van der Waals surface area (Å²) < 4.78 is 0. The third-order valence-electron chi connectivity index (χ3n) is 5.08. The number of Topliss-reactive ketones (excluding diaryl/α,β-unsaturated/α-hetero) is 8. The van der Waals surface area contributed by atoms with Gasteiger partial charge in [-0.15, -0.1) is 0 Å². The molecule has 0 aromatic carbocycles. The molecule has 0 aliphatic heterocycles. The monoisotopic (exact) mass is 394 g/mol. The molecule has 0 rings (SSSR count). The Morgan fingerprint density at radius 1 is 0.536 bits per heavy atom. The van der Waals surface area contributed by atoms with Crippen LogP contribution in [0, 0.1) is 23.2 Å². The van der Waals surface area contributed by atoms with Crippen LogP contribution >= 0.6 is 0 Å². The smallest absolute Gasteiger partial charge is 0.154 e. The molecule has 0 saturated heterocycles. The van der Waals surface area contributed by atoms with Crippen molar-refractivity contribution in [2.45, 2.75) is 54.9 Å². The molecule has 8 heteroatoms. The van der Waals surface area contributed by atoms with E-state index in [0.717, 1.165) is 48.5 Å². The molecule has 0 radical (unpaired) electrons. The van der Waals surface area contributed by atoms with Gasteiger partial charge in [0.05, 0.1) is 17.8 Å². The van der Waals surface area contributed by atoms with Gasteiger partial charge in [0, 0.05) is 6.42 Å². The molecule has 2 unspecified atom stereocenters. The average molecular weight is 394 g/mol. The van der Waals surface area contributed by atoms with Gasteiger partial charge in [-0.25, -0.2) is 0 Å². The van der Waals surface area contributed by atoms with Crippen molar-refractivity contribution in [3.05, 3.63) is 0 Å². The number of carbonyl (C=O) groups excluding carboxylic acids is 8. The summed E-state index contributed by atoms with van der Waals surface area (Å²) in [6.07, 6.45) is -0.796. The van der Waals surface area contributed by atoms with Gasteiger partial charge < -0.3 is 0 Å². The van der Waals surface area contributed by atoms with Crippen LogP contribution in [0.3, 0.4) is 0 Å². The van der Waals surface area contributed by atoms with E-state index in [1.54, 1.807) is 0 Å². The summed E-state index contributed by atoms with van der Waals surface area (Å²) >= 11 is 0. The molecule has 0 aliphatic carbocycles. The summed E-state index contributed by atoms with van der Waals surface area (Å²) in [5, 5.41) is 0. The van der Waals surface area contributed by atoms with Crippen LogP contribution in [0.2, 0.25) is 0 Å². The fourth-order valence-electron chi connectivity index (χ4n) is 3.81. The van der Waals surface area contributed by atoms with E-state index < -0.39 is 75.9 Å². The zero-order valence-corrected chi connectivity index (χ0v) is 17.2. The van der Waals surface area contributed by atoms with Crippen LogP contribution < -0.4 is 0 Å². The van der Waals surface area contributed by atoms with Crippen molar-refractivity contribution in [1.29, 1.82) is 0 Å². The van der Waals surface area contributed by atoms with Gasteiger partial charge in [0.15, 0.2) is 22.8 Å². The van der Waals surface area contributed by atoms with Crippen LogP contribution in [0.5, 0.6) is 0 Å². The Labute approximate surface area is 163 Å². The van der Waals surface area contributed by atoms with Crippen LogP contribution in [0.25, 0.3) is 0 Å². The summed E-state index contributed by atoms with van der Waals surface area (Å²) in [5.74, 6) is -11.4. The van der Waals surface area contributed by atoms with Gasteiger partial charge in [0.2, 0.25) is 0 Å². The summed E-state index contributed by atoms with van der Waals surface area (Å²) in [4.78, 5) is 97.5. The standard InChI is InChI=1S/C20H26O8/c1-9(21)16(20(13(5)25,14(6)26)15(7)27)8-17(28)19(12(4)24)18(10(2)22)11(3)23/h16,18-19H,8H2,1-7H3. The Kier molecular flexibility index (Phi) is 8.63. The van der Waals surface area contributed by atoms with E-state index in [-0.39, 0.29) is 0 Å². The van der Waals surface area contributed by atoms with Crippen molar-refractivity contribution in [3.8, 4) is 0 Å². The van der Waals surface area contributed by atoms with E-state index in [1.165, 1.54) is 0 Å². The lowest BCUT2D eigenvalue weighted by atomic mass is 9.63. The Morgan fingerprint density at radius 2 is 0.857 bits per heavy atom. The SMILES string of the molecule is CC(=O)C(C(C)=O)C(C(C)=O)C(=O)CC(C(C)=O)C(C(C)=O)(C(C)=O)C(C)=O. The molecule has 0 fully saturated rings. The number of rotatable bonds is 12. The molecule has 0 N–H and O–H groups in total. The number of ketones is 8. The largest absolute Gasteiger partial charge is 0.300 e. The molecule has 8 nitrogen and oxygen atoms in total. The Hall–Kier alpha value is -2.64. The maximum Gasteiger partial charge on any atom is 0.154 e. The molecule has 0 aromatic rings. The van der Waals surface area contributed by atoms with E-state index >= 15 is 0 Å². The lowest BCUT2D eigenvalue weighted by Crippen LogP contribution is -2.53. The van der Waals surface area contributed by atoms with Crippen molar-refractivity contribution in [2.24, 2.45) is 23.2 Å². The highest BCUT2D eigenvalue weighted by Gasteiger charge is 2.55. The van der Waals surface area contributed by atoms with E-state index in [4.69, 9.17) is 0 Å². The van der Waals surface area contributed by atoms with Gasteiger partial charge in [0.25, 0.3) is 0 Å². The summed E-state index contributed by atoms with van der Waals surface area (Å²) in [6.45, 7) is 7.08. The second-order valence-corrected chi connectivity index (χ2v) is 7.10. The molecule has 0 amide bonds. The Morgan fingerprint density at radius 3 is 1.07 bits per heavy atom. The highest BCUT2D eigenvalue weighted by molar-refractivity contribution is 6.25. The summed E-state index contributed by atoms with van der Waals surface area (Å²) in [5.41, 5.74) is -2.36. The summed E-state index contributed by atoms with van der Waals surface area (Å²) in [7, 11) is 0. The zero-order valence-electron chi connectivity index (χ0n) is 17.2. The van der Waals surface area contributed by atoms with Crippen molar-refractivity contribution in [3.63, 3.8) is 0 Å². The topological polar surface area (TPSA) is 137 Å². The Bertz CT molecular complexity index is 708. The number of hydrogen-bond donors (Lipinski definition) is 0.